The molecule has 0 aromatic heterocycles. The summed E-state index contributed by atoms with van der Waals surface area (Å²) >= 11 is 0. The summed E-state index contributed by atoms with van der Waals surface area (Å²) in [6.07, 6.45) is 0. The molecule has 0 heterocycles. The third-order valence-electron chi connectivity index (χ3n) is 3.30. The number of nitrogens with two attached hydrogens (primary N) is 1. The molecule has 5 heteroatoms. The molecule has 5 nitrogen and oxygen atoms in total. The Kier molecular flexibility index (Phi) is 5.36. The van der Waals surface area contributed by atoms with Crippen molar-refractivity contribution < 1.29 is 14.3 Å². The van der Waals surface area contributed by atoms with Gasteiger partial charge in [-0.25, -0.2) is 0 Å². The van der Waals surface area contributed by atoms with Crippen molar-refractivity contribution in [3.8, 4) is 5.75 Å². The molecule has 0 saturated heterocycles. The van der Waals surface area contributed by atoms with E-state index in [1.54, 1.807) is 23.1 Å². The average molecular weight is 312 g/mol. The van der Waals surface area contributed by atoms with E-state index in [1.807, 2.05) is 44.2 Å². The van der Waals surface area contributed by atoms with Gasteiger partial charge in [0.25, 0.3) is 5.91 Å². The van der Waals surface area contributed by atoms with Crippen LogP contribution in [0.25, 0.3) is 0 Å². The molecule has 2 aromatic rings. The second kappa shape index (κ2) is 7.45. The van der Waals surface area contributed by atoms with Gasteiger partial charge < -0.3 is 15.4 Å². The van der Waals surface area contributed by atoms with Gasteiger partial charge in [0.15, 0.2) is 6.61 Å². The number of ether oxygens (including phenoxy) is 1. The predicted molar refractivity (Wildman–Crippen MR) is 89.5 cm³/mol. The second-order valence-electron chi connectivity index (χ2n) is 5.37. The van der Waals surface area contributed by atoms with E-state index in [9.17, 15) is 9.59 Å². The van der Waals surface area contributed by atoms with Gasteiger partial charge in [0.2, 0.25) is 5.91 Å². The van der Waals surface area contributed by atoms with Crippen LogP contribution in [-0.2, 0) is 4.79 Å². The predicted octanol–water partition coefficient (Wildman–Crippen LogP) is 2.61. The first-order chi connectivity index (χ1) is 11.0. The first-order valence-electron chi connectivity index (χ1n) is 7.39. The van der Waals surface area contributed by atoms with Crippen LogP contribution in [0.2, 0.25) is 0 Å². The SMILES string of the molecule is CC(C)N(C(=O)COc1cccc(C(N)=O)c1)c1ccccc1. The summed E-state index contributed by atoms with van der Waals surface area (Å²) in [6.45, 7) is 3.77. The molecule has 0 aliphatic heterocycles. The smallest absolute Gasteiger partial charge is 0.265 e. The number of benzene rings is 2. The number of para-hydroxylation sites is 1. The standard InChI is InChI=1S/C18H20N2O3/c1-13(2)20(15-8-4-3-5-9-15)17(21)12-23-16-10-6-7-14(11-16)18(19)22/h3-11,13H,12H2,1-2H3,(H2,19,22). The highest BCUT2D eigenvalue weighted by atomic mass is 16.5. The number of primary amides is 1. The lowest BCUT2D eigenvalue weighted by atomic mass is 10.2. The average Bonchev–Trinajstić information content (AvgIpc) is 2.54. The summed E-state index contributed by atoms with van der Waals surface area (Å²) in [6, 6.07) is 15.9. The zero-order valence-corrected chi connectivity index (χ0v) is 13.2. The molecule has 0 aliphatic carbocycles. The van der Waals surface area contributed by atoms with E-state index in [0.717, 1.165) is 5.69 Å². The van der Waals surface area contributed by atoms with Crippen molar-refractivity contribution in [2.45, 2.75) is 19.9 Å². The van der Waals surface area contributed by atoms with Crippen LogP contribution >= 0.6 is 0 Å². The molecule has 2 rings (SSSR count). The number of carbonyl (C=O) groups is 2. The minimum Gasteiger partial charge on any atom is -0.484 e. The number of hydrogen-bond donors (Lipinski definition) is 1. The van der Waals surface area contributed by atoms with Gasteiger partial charge in [0.1, 0.15) is 5.75 Å². The third-order valence-corrected chi connectivity index (χ3v) is 3.30. The highest BCUT2D eigenvalue weighted by Crippen LogP contribution is 2.18. The van der Waals surface area contributed by atoms with E-state index in [2.05, 4.69) is 0 Å². The molecule has 0 radical (unpaired) electrons. The van der Waals surface area contributed by atoms with Crippen LogP contribution in [0.1, 0.15) is 24.2 Å². The van der Waals surface area contributed by atoms with Gasteiger partial charge in [-0.15, -0.1) is 0 Å². The zero-order valence-electron chi connectivity index (χ0n) is 13.2. The fraction of sp³-hybridized carbons (Fsp3) is 0.222. The molecule has 23 heavy (non-hydrogen) atoms. The van der Waals surface area contributed by atoms with E-state index < -0.39 is 5.91 Å². The Labute approximate surface area is 135 Å². The summed E-state index contributed by atoms with van der Waals surface area (Å²) in [5, 5.41) is 0. The van der Waals surface area contributed by atoms with E-state index in [1.165, 1.54) is 6.07 Å². The monoisotopic (exact) mass is 312 g/mol. The summed E-state index contributed by atoms with van der Waals surface area (Å²) in [4.78, 5) is 25.3. The molecule has 2 aromatic carbocycles. The lowest BCUT2D eigenvalue weighted by molar-refractivity contribution is -0.120. The maximum absolute atomic E-state index is 12.5. The molecule has 2 amide bonds. The lowest BCUT2D eigenvalue weighted by Gasteiger charge is -2.26. The van der Waals surface area contributed by atoms with Crippen molar-refractivity contribution in [3.05, 3.63) is 60.2 Å². The van der Waals surface area contributed by atoms with Crippen LogP contribution in [0.4, 0.5) is 5.69 Å². The van der Waals surface area contributed by atoms with Crippen LogP contribution in [0, 0.1) is 0 Å². The largest absolute Gasteiger partial charge is 0.484 e. The number of carbonyl (C=O) groups excluding carboxylic acids is 2. The first kappa shape index (κ1) is 16.5. The van der Waals surface area contributed by atoms with Crippen LogP contribution in [0.3, 0.4) is 0 Å². The molecular formula is C18H20N2O3. The van der Waals surface area contributed by atoms with Crippen LogP contribution in [-0.4, -0.2) is 24.5 Å². The Morgan fingerprint density at radius 3 is 2.39 bits per heavy atom. The van der Waals surface area contributed by atoms with Crippen LogP contribution in [0.15, 0.2) is 54.6 Å². The molecular weight excluding hydrogens is 292 g/mol. The summed E-state index contributed by atoms with van der Waals surface area (Å²) in [7, 11) is 0. The molecule has 0 aliphatic rings. The Morgan fingerprint density at radius 2 is 1.78 bits per heavy atom. The Morgan fingerprint density at radius 1 is 1.09 bits per heavy atom. The topological polar surface area (TPSA) is 72.6 Å². The second-order valence-corrected chi connectivity index (χ2v) is 5.37. The number of nitrogens with zero attached hydrogens (tertiary/aromatic N) is 1. The Balaban J connectivity index is 2.08. The summed E-state index contributed by atoms with van der Waals surface area (Å²) in [5.41, 5.74) is 6.40. The number of anilines is 1. The van der Waals surface area contributed by atoms with Gasteiger partial charge in [-0.05, 0) is 44.2 Å². The van der Waals surface area contributed by atoms with Crippen molar-refractivity contribution in [2.75, 3.05) is 11.5 Å². The summed E-state index contributed by atoms with van der Waals surface area (Å²) in [5.74, 6) is -0.253. The fourth-order valence-electron chi connectivity index (χ4n) is 2.27. The van der Waals surface area contributed by atoms with Gasteiger partial charge in [-0.1, -0.05) is 24.3 Å². The van der Waals surface area contributed by atoms with Gasteiger partial charge in [-0.3, -0.25) is 9.59 Å². The summed E-state index contributed by atoms with van der Waals surface area (Å²) < 4.78 is 5.51. The van der Waals surface area contributed by atoms with E-state index in [4.69, 9.17) is 10.5 Å². The van der Waals surface area contributed by atoms with E-state index in [-0.39, 0.29) is 18.6 Å². The maximum atomic E-state index is 12.5. The number of rotatable bonds is 6. The van der Waals surface area contributed by atoms with E-state index in [0.29, 0.717) is 11.3 Å². The van der Waals surface area contributed by atoms with Crippen molar-refractivity contribution >= 4 is 17.5 Å². The molecule has 120 valence electrons. The Bertz CT molecular complexity index is 684. The van der Waals surface area contributed by atoms with Crippen molar-refractivity contribution in [3.63, 3.8) is 0 Å². The normalized spacial score (nSPS) is 10.4. The lowest BCUT2D eigenvalue weighted by Crippen LogP contribution is -2.40. The number of hydrogen-bond acceptors (Lipinski definition) is 3. The fourth-order valence-corrected chi connectivity index (χ4v) is 2.27. The van der Waals surface area contributed by atoms with Crippen molar-refractivity contribution in [2.24, 2.45) is 5.73 Å². The zero-order chi connectivity index (χ0) is 16.8. The molecule has 0 fully saturated rings. The van der Waals surface area contributed by atoms with Crippen LogP contribution in [0.5, 0.6) is 5.75 Å². The first-order valence-corrected chi connectivity index (χ1v) is 7.39. The van der Waals surface area contributed by atoms with Crippen molar-refractivity contribution in [1.29, 1.82) is 0 Å². The van der Waals surface area contributed by atoms with Gasteiger partial charge in [0.05, 0.1) is 0 Å². The molecule has 0 saturated carbocycles. The molecule has 0 spiro atoms. The number of amides is 2. The Hall–Kier alpha value is -2.82. The highest BCUT2D eigenvalue weighted by Gasteiger charge is 2.19. The van der Waals surface area contributed by atoms with Gasteiger partial charge in [-0.2, -0.15) is 0 Å². The molecule has 0 bridgehead atoms. The third kappa shape index (κ3) is 4.32. The molecule has 0 unspecified atom stereocenters. The molecule has 0 atom stereocenters. The minimum absolute atomic E-state index is 0.00505. The van der Waals surface area contributed by atoms with Gasteiger partial charge in [0, 0.05) is 17.3 Å². The molecule has 2 N–H and O–H groups in total. The minimum atomic E-state index is -0.533. The van der Waals surface area contributed by atoms with E-state index >= 15 is 0 Å². The quantitative estimate of drug-likeness (QED) is 0.891. The van der Waals surface area contributed by atoms with Crippen molar-refractivity contribution in [1.82, 2.24) is 0 Å². The highest BCUT2D eigenvalue weighted by molar-refractivity contribution is 5.95. The maximum Gasteiger partial charge on any atom is 0.265 e. The van der Waals surface area contributed by atoms with Crippen LogP contribution < -0.4 is 15.4 Å². The van der Waals surface area contributed by atoms with Gasteiger partial charge >= 0.3 is 0 Å².